The lowest BCUT2D eigenvalue weighted by atomic mass is 10.3. The van der Waals surface area contributed by atoms with Crippen LogP contribution < -0.4 is 16.6 Å². The van der Waals surface area contributed by atoms with Crippen molar-refractivity contribution in [3.8, 4) is 0 Å². The van der Waals surface area contributed by atoms with E-state index in [4.69, 9.17) is 5.73 Å². The van der Waals surface area contributed by atoms with E-state index in [-0.39, 0.29) is 5.56 Å². The number of nitrogens with zero attached hydrogens (tertiary/aromatic N) is 1. The average molecular weight is 235 g/mol. The maximum atomic E-state index is 11.2. The maximum Gasteiger partial charge on any atom is 0.250 e. The molecule has 0 bridgehead atoms. The van der Waals surface area contributed by atoms with Gasteiger partial charge in [-0.15, -0.1) is 11.3 Å². The Morgan fingerprint density at radius 1 is 1.44 bits per heavy atom. The normalized spacial score (nSPS) is 10.3. The third-order valence-corrected chi connectivity index (χ3v) is 3.26. The largest absolute Gasteiger partial charge is 0.398 e. The van der Waals surface area contributed by atoms with Crippen molar-refractivity contribution in [1.82, 2.24) is 4.57 Å². The molecule has 0 spiro atoms. The monoisotopic (exact) mass is 235 g/mol. The molecule has 4 nitrogen and oxygen atoms in total. The van der Waals surface area contributed by atoms with Gasteiger partial charge in [0.15, 0.2) is 0 Å². The fraction of sp³-hybridized carbons (Fsp3) is 0.182. The third kappa shape index (κ3) is 2.25. The van der Waals surface area contributed by atoms with Gasteiger partial charge in [0, 0.05) is 29.9 Å². The average Bonchev–Trinajstić information content (AvgIpc) is 2.66. The van der Waals surface area contributed by atoms with Gasteiger partial charge in [0.25, 0.3) is 0 Å². The first-order valence-electron chi connectivity index (χ1n) is 4.89. The van der Waals surface area contributed by atoms with E-state index >= 15 is 0 Å². The van der Waals surface area contributed by atoms with E-state index in [1.54, 1.807) is 41.3 Å². The summed E-state index contributed by atoms with van der Waals surface area (Å²) < 4.78 is 1.54. The van der Waals surface area contributed by atoms with Crippen LogP contribution in [-0.2, 0) is 13.6 Å². The van der Waals surface area contributed by atoms with Crippen molar-refractivity contribution in [2.75, 3.05) is 11.1 Å². The van der Waals surface area contributed by atoms with E-state index in [0.717, 1.165) is 16.3 Å². The second-order valence-electron chi connectivity index (χ2n) is 3.52. The van der Waals surface area contributed by atoms with Crippen molar-refractivity contribution in [3.05, 3.63) is 45.0 Å². The zero-order valence-corrected chi connectivity index (χ0v) is 9.75. The van der Waals surface area contributed by atoms with Crippen LogP contribution in [0.25, 0.3) is 0 Å². The standard InChI is InChI=1S/C11H13N3OS/c1-14-7-8(2-3-11(14)15)13-6-10-9(12)4-5-16-10/h2-5,7,13H,6,12H2,1H3. The second-order valence-corrected chi connectivity index (χ2v) is 4.52. The van der Waals surface area contributed by atoms with Crippen LogP contribution in [0.3, 0.4) is 0 Å². The summed E-state index contributed by atoms with van der Waals surface area (Å²) in [5.41, 5.74) is 7.48. The molecule has 0 unspecified atom stereocenters. The topological polar surface area (TPSA) is 60.1 Å². The van der Waals surface area contributed by atoms with Gasteiger partial charge in [-0.3, -0.25) is 4.79 Å². The molecule has 0 aliphatic heterocycles. The van der Waals surface area contributed by atoms with Crippen LogP contribution in [0.4, 0.5) is 11.4 Å². The molecular weight excluding hydrogens is 222 g/mol. The fourth-order valence-electron chi connectivity index (χ4n) is 1.38. The van der Waals surface area contributed by atoms with Gasteiger partial charge in [0.2, 0.25) is 5.56 Å². The van der Waals surface area contributed by atoms with Gasteiger partial charge < -0.3 is 15.6 Å². The van der Waals surface area contributed by atoms with E-state index < -0.39 is 0 Å². The smallest absolute Gasteiger partial charge is 0.250 e. The fourth-order valence-corrected chi connectivity index (χ4v) is 2.11. The Morgan fingerprint density at radius 3 is 2.88 bits per heavy atom. The van der Waals surface area contributed by atoms with Gasteiger partial charge in [-0.1, -0.05) is 0 Å². The Kier molecular flexibility index (Phi) is 2.96. The zero-order chi connectivity index (χ0) is 11.5. The lowest BCUT2D eigenvalue weighted by Crippen LogP contribution is -2.15. The minimum absolute atomic E-state index is 0.0128. The molecule has 84 valence electrons. The highest BCUT2D eigenvalue weighted by Gasteiger charge is 2.00. The summed E-state index contributed by atoms with van der Waals surface area (Å²) in [6, 6.07) is 5.20. The summed E-state index contributed by atoms with van der Waals surface area (Å²) in [5.74, 6) is 0. The summed E-state index contributed by atoms with van der Waals surface area (Å²) >= 11 is 1.62. The van der Waals surface area contributed by atoms with E-state index in [0.29, 0.717) is 6.54 Å². The SMILES string of the molecule is Cn1cc(NCc2sccc2N)ccc1=O. The molecule has 0 radical (unpaired) electrons. The van der Waals surface area contributed by atoms with Crippen LogP contribution in [0.1, 0.15) is 4.88 Å². The van der Waals surface area contributed by atoms with Gasteiger partial charge in [-0.05, 0) is 17.5 Å². The highest BCUT2D eigenvalue weighted by Crippen LogP contribution is 2.19. The van der Waals surface area contributed by atoms with Crippen molar-refractivity contribution < 1.29 is 0 Å². The molecule has 0 aliphatic rings. The summed E-state index contributed by atoms with van der Waals surface area (Å²) in [5, 5.41) is 5.19. The van der Waals surface area contributed by atoms with Crippen LogP contribution in [0.2, 0.25) is 0 Å². The molecule has 2 heterocycles. The number of nitrogen functional groups attached to an aromatic ring is 1. The molecule has 2 aromatic heterocycles. The number of aryl methyl sites for hydroxylation is 1. The van der Waals surface area contributed by atoms with E-state index in [2.05, 4.69) is 5.32 Å². The van der Waals surface area contributed by atoms with Crippen LogP contribution in [0.15, 0.2) is 34.6 Å². The molecule has 3 N–H and O–H groups in total. The van der Waals surface area contributed by atoms with Crippen LogP contribution >= 0.6 is 11.3 Å². The number of nitrogens with one attached hydrogen (secondary N) is 1. The number of nitrogens with two attached hydrogens (primary N) is 1. The predicted octanol–water partition coefficient (Wildman–Crippen LogP) is 1.64. The first-order chi connectivity index (χ1) is 7.66. The Bertz CT molecular complexity index is 544. The molecule has 0 saturated carbocycles. The molecule has 0 saturated heterocycles. The van der Waals surface area contributed by atoms with Crippen LogP contribution in [-0.4, -0.2) is 4.57 Å². The summed E-state index contributed by atoms with van der Waals surface area (Å²) in [6.07, 6.45) is 1.77. The van der Waals surface area contributed by atoms with Crippen LogP contribution in [0.5, 0.6) is 0 Å². The van der Waals surface area contributed by atoms with Gasteiger partial charge >= 0.3 is 0 Å². The number of pyridine rings is 1. The molecule has 0 aromatic carbocycles. The molecule has 0 amide bonds. The summed E-state index contributed by atoms with van der Waals surface area (Å²) in [6.45, 7) is 0.682. The highest BCUT2D eigenvalue weighted by atomic mass is 32.1. The van der Waals surface area contributed by atoms with Crippen molar-refractivity contribution in [2.45, 2.75) is 6.54 Å². The molecule has 0 aliphatic carbocycles. The zero-order valence-electron chi connectivity index (χ0n) is 8.93. The Labute approximate surface area is 97.3 Å². The van der Waals surface area contributed by atoms with Crippen molar-refractivity contribution in [2.24, 2.45) is 7.05 Å². The molecule has 0 fully saturated rings. The Morgan fingerprint density at radius 2 is 2.25 bits per heavy atom. The van der Waals surface area contributed by atoms with Gasteiger partial charge in [0.1, 0.15) is 0 Å². The first-order valence-corrected chi connectivity index (χ1v) is 5.77. The number of hydrogen-bond donors (Lipinski definition) is 2. The summed E-state index contributed by atoms with van der Waals surface area (Å²) in [4.78, 5) is 12.3. The summed E-state index contributed by atoms with van der Waals surface area (Å²) in [7, 11) is 1.73. The second kappa shape index (κ2) is 4.40. The lowest BCUT2D eigenvalue weighted by molar-refractivity contribution is 0.860. The van der Waals surface area contributed by atoms with Crippen LogP contribution in [0, 0.1) is 0 Å². The number of anilines is 2. The molecule has 5 heteroatoms. The van der Waals surface area contributed by atoms with Gasteiger partial charge in [0.05, 0.1) is 12.2 Å². The first kappa shape index (κ1) is 10.8. The number of hydrogen-bond acceptors (Lipinski definition) is 4. The lowest BCUT2D eigenvalue weighted by Gasteiger charge is -2.06. The molecule has 2 rings (SSSR count). The molecule has 16 heavy (non-hydrogen) atoms. The molecular formula is C11H13N3OS. The van der Waals surface area contributed by atoms with Gasteiger partial charge in [-0.25, -0.2) is 0 Å². The van der Waals surface area contributed by atoms with E-state index in [9.17, 15) is 4.79 Å². The van der Waals surface area contributed by atoms with Gasteiger partial charge in [-0.2, -0.15) is 0 Å². The predicted molar refractivity (Wildman–Crippen MR) is 67.7 cm³/mol. The van der Waals surface area contributed by atoms with E-state index in [1.165, 1.54) is 0 Å². The molecule has 2 aromatic rings. The van der Waals surface area contributed by atoms with Crippen molar-refractivity contribution in [3.63, 3.8) is 0 Å². The maximum absolute atomic E-state index is 11.2. The highest BCUT2D eigenvalue weighted by molar-refractivity contribution is 7.10. The number of aromatic nitrogens is 1. The molecule has 0 atom stereocenters. The Hall–Kier alpha value is -1.75. The quantitative estimate of drug-likeness (QED) is 0.850. The minimum atomic E-state index is -0.0128. The number of thiophene rings is 1. The minimum Gasteiger partial charge on any atom is -0.398 e. The van der Waals surface area contributed by atoms with Crippen molar-refractivity contribution in [1.29, 1.82) is 0 Å². The Balaban J connectivity index is 2.08. The van der Waals surface area contributed by atoms with E-state index in [1.807, 2.05) is 11.4 Å². The number of rotatable bonds is 3. The van der Waals surface area contributed by atoms with Crippen molar-refractivity contribution >= 4 is 22.7 Å². The third-order valence-electron chi connectivity index (χ3n) is 2.32.